The molecule has 1 aromatic carbocycles. The van der Waals surface area contributed by atoms with Crippen molar-refractivity contribution in [2.75, 3.05) is 18.4 Å². The molecule has 1 aliphatic heterocycles. The van der Waals surface area contributed by atoms with E-state index in [-0.39, 0.29) is 18.2 Å². The van der Waals surface area contributed by atoms with Crippen molar-refractivity contribution in [1.82, 2.24) is 4.90 Å². The van der Waals surface area contributed by atoms with Crippen LogP contribution in [0, 0.1) is 0 Å². The summed E-state index contributed by atoms with van der Waals surface area (Å²) in [6.45, 7) is 13.9. The number of carbonyl (C=O) groups excluding carboxylic acids is 1. The third-order valence-corrected chi connectivity index (χ3v) is 4.31. The van der Waals surface area contributed by atoms with Crippen molar-refractivity contribution >= 4 is 11.7 Å². The van der Waals surface area contributed by atoms with Gasteiger partial charge >= 0.3 is 6.03 Å². The normalized spacial score (nSPS) is 21.8. The summed E-state index contributed by atoms with van der Waals surface area (Å²) in [6.07, 6.45) is 0.156. The molecule has 1 saturated heterocycles. The van der Waals surface area contributed by atoms with Gasteiger partial charge in [-0.15, -0.1) is 0 Å². The highest BCUT2D eigenvalue weighted by molar-refractivity contribution is 5.91. The van der Waals surface area contributed by atoms with Gasteiger partial charge in [0, 0.05) is 18.8 Å². The third-order valence-electron chi connectivity index (χ3n) is 4.31. The summed E-state index contributed by atoms with van der Waals surface area (Å²) in [5, 5.41) is 3.18. The molecule has 4 heteroatoms. The number of morpholine rings is 1. The molecule has 0 aliphatic carbocycles. The average molecular weight is 318 g/mol. The lowest BCUT2D eigenvalue weighted by molar-refractivity contribution is -0.0530. The van der Waals surface area contributed by atoms with Gasteiger partial charge in [-0.1, -0.05) is 45.9 Å². The Morgan fingerprint density at radius 3 is 2.00 bits per heavy atom. The number of benzene rings is 1. The van der Waals surface area contributed by atoms with E-state index in [0.717, 1.165) is 5.69 Å². The predicted octanol–water partition coefficient (Wildman–Crippen LogP) is 4.57. The molecular weight excluding hydrogens is 288 g/mol. The lowest BCUT2D eigenvalue weighted by Crippen LogP contribution is -2.49. The zero-order valence-corrected chi connectivity index (χ0v) is 15.2. The second-order valence-electron chi connectivity index (χ2n) is 7.21. The van der Waals surface area contributed by atoms with Crippen molar-refractivity contribution in [2.45, 2.75) is 65.6 Å². The highest BCUT2D eigenvalue weighted by atomic mass is 16.5. The Balaban J connectivity index is 2.26. The van der Waals surface area contributed by atoms with Crippen LogP contribution < -0.4 is 5.32 Å². The number of para-hydroxylation sites is 1. The first-order chi connectivity index (χ1) is 10.8. The molecule has 2 amide bonds. The van der Waals surface area contributed by atoms with Crippen LogP contribution in [0.1, 0.15) is 64.5 Å². The minimum Gasteiger partial charge on any atom is -0.372 e. The van der Waals surface area contributed by atoms with E-state index in [1.165, 1.54) is 11.1 Å². The molecule has 0 spiro atoms. The molecule has 0 radical (unpaired) electrons. The molecule has 23 heavy (non-hydrogen) atoms. The molecular formula is C19H30N2O2. The number of carbonyl (C=O) groups is 1. The number of anilines is 1. The van der Waals surface area contributed by atoms with E-state index in [1.54, 1.807) is 0 Å². The monoisotopic (exact) mass is 318 g/mol. The molecule has 128 valence electrons. The molecule has 2 rings (SSSR count). The van der Waals surface area contributed by atoms with Crippen molar-refractivity contribution in [3.05, 3.63) is 29.3 Å². The van der Waals surface area contributed by atoms with Gasteiger partial charge in [0.15, 0.2) is 0 Å². The van der Waals surface area contributed by atoms with E-state index in [0.29, 0.717) is 24.9 Å². The van der Waals surface area contributed by atoms with Crippen molar-refractivity contribution < 1.29 is 9.53 Å². The number of amides is 2. The van der Waals surface area contributed by atoms with Gasteiger partial charge in [0.25, 0.3) is 0 Å². The summed E-state index contributed by atoms with van der Waals surface area (Å²) in [6, 6.07) is 6.27. The first-order valence-electron chi connectivity index (χ1n) is 8.63. The van der Waals surface area contributed by atoms with Crippen LogP contribution in [0.4, 0.5) is 10.5 Å². The van der Waals surface area contributed by atoms with Crippen molar-refractivity contribution in [1.29, 1.82) is 0 Å². The first kappa shape index (κ1) is 17.8. The SMILES string of the molecule is CC(C)c1cccc(C(C)C)c1NC(=O)N1C[C@@H](C)O[C@H](C)C1. The standard InChI is InChI=1S/C19H30N2O2/c1-12(2)16-8-7-9-17(13(3)4)18(16)20-19(22)21-10-14(5)23-15(6)11-21/h7-9,12-15H,10-11H2,1-6H3,(H,20,22)/t14-,15-/m1/s1. The number of rotatable bonds is 3. The lowest BCUT2D eigenvalue weighted by Gasteiger charge is -2.35. The zero-order valence-electron chi connectivity index (χ0n) is 15.2. The molecule has 2 atom stereocenters. The fourth-order valence-electron chi connectivity index (χ4n) is 3.23. The third kappa shape index (κ3) is 4.25. The minimum atomic E-state index is -0.0259. The lowest BCUT2D eigenvalue weighted by atomic mass is 9.93. The topological polar surface area (TPSA) is 41.6 Å². The summed E-state index contributed by atoms with van der Waals surface area (Å²) in [5.74, 6) is 0.734. The highest BCUT2D eigenvalue weighted by Crippen LogP contribution is 2.32. The Morgan fingerprint density at radius 2 is 1.57 bits per heavy atom. The Bertz CT molecular complexity index is 518. The van der Waals surface area contributed by atoms with Gasteiger partial charge < -0.3 is 15.0 Å². The fourth-order valence-corrected chi connectivity index (χ4v) is 3.23. The van der Waals surface area contributed by atoms with Crippen molar-refractivity contribution in [3.8, 4) is 0 Å². The summed E-state index contributed by atoms with van der Waals surface area (Å²) in [4.78, 5) is 14.6. The van der Waals surface area contributed by atoms with Gasteiger partial charge in [0.2, 0.25) is 0 Å². The van der Waals surface area contributed by atoms with E-state index in [4.69, 9.17) is 4.74 Å². The predicted molar refractivity (Wildman–Crippen MR) is 95.2 cm³/mol. The minimum absolute atomic E-state index is 0.0259. The van der Waals surface area contributed by atoms with Crippen LogP contribution in [0.15, 0.2) is 18.2 Å². The molecule has 1 N–H and O–H groups in total. The molecule has 0 aromatic heterocycles. The maximum absolute atomic E-state index is 12.8. The Morgan fingerprint density at radius 1 is 1.09 bits per heavy atom. The Labute approximate surface area is 140 Å². The van der Waals surface area contributed by atoms with Crippen LogP contribution in [0.25, 0.3) is 0 Å². The van der Waals surface area contributed by atoms with Crippen LogP contribution in [0.5, 0.6) is 0 Å². The first-order valence-corrected chi connectivity index (χ1v) is 8.63. The number of hydrogen-bond donors (Lipinski definition) is 1. The van der Waals surface area contributed by atoms with Gasteiger partial charge in [0.05, 0.1) is 12.2 Å². The van der Waals surface area contributed by atoms with E-state index in [2.05, 4.69) is 51.2 Å². The largest absolute Gasteiger partial charge is 0.372 e. The van der Waals surface area contributed by atoms with Crippen LogP contribution in [-0.2, 0) is 4.74 Å². The Kier molecular flexibility index (Phi) is 5.69. The smallest absolute Gasteiger partial charge is 0.322 e. The van der Waals surface area contributed by atoms with Crippen LogP contribution in [0.3, 0.4) is 0 Å². The molecule has 0 saturated carbocycles. The summed E-state index contributed by atoms with van der Waals surface area (Å²) < 4.78 is 5.72. The van der Waals surface area contributed by atoms with Crippen LogP contribution >= 0.6 is 0 Å². The number of nitrogens with zero attached hydrogens (tertiary/aromatic N) is 1. The van der Waals surface area contributed by atoms with Crippen LogP contribution in [0.2, 0.25) is 0 Å². The Hall–Kier alpha value is -1.55. The number of hydrogen-bond acceptors (Lipinski definition) is 2. The molecule has 0 bridgehead atoms. The molecule has 1 heterocycles. The zero-order chi connectivity index (χ0) is 17.1. The van der Waals surface area contributed by atoms with Gasteiger partial charge in [-0.25, -0.2) is 4.79 Å². The van der Waals surface area contributed by atoms with Gasteiger partial charge in [-0.05, 0) is 36.8 Å². The second-order valence-corrected chi connectivity index (χ2v) is 7.21. The number of urea groups is 1. The van der Waals surface area contributed by atoms with E-state index >= 15 is 0 Å². The maximum Gasteiger partial charge on any atom is 0.322 e. The van der Waals surface area contributed by atoms with E-state index < -0.39 is 0 Å². The molecule has 1 fully saturated rings. The summed E-state index contributed by atoms with van der Waals surface area (Å²) >= 11 is 0. The van der Waals surface area contributed by atoms with E-state index in [9.17, 15) is 4.79 Å². The quantitative estimate of drug-likeness (QED) is 0.886. The fraction of sp³-hybridized carbons (Fsp3) is 0.632. The maximum atomic E-state index is 12.8. The van der Waals surface area contributed by atoms with Crippen molar-refractivity contribution in [3.63, 3.8) is 0 Å². The second kappa shape index (κ2) is 7.35. The van der Waals surface area contributed by atoms with Gasteiger partial charge in [0.1, 0.15) is 0 Å². The van der Waals surface area contributed by atoms with Gasteiger partial charge in [-0.3, -0.25) is 0 Å². The number of nitrogens with one attached hydrogen (secondary N) is 1. The molecule has 0 unspecified atom stereocenters. The number of ether oxygens (including phenoxy) is 1. The molecule has 4 nitrogen and oxygen atoms in total. The summed E-state index contributed by atoms with van der Waals surface area (Å²) in [5.41, 5.74) is 3.37. The van der Waals surface area contributed by atoms with Gasteiger partial charge in [-0.2, -0.15) is 0 Å². The molecule has 1 aliphatic rings. The summed E-state index contributed by atoms with van der Waals surface area (Å²) in [7, 11) is 0. The highest BCUT2D eigenvalue weighted by Gasteiger charge is 2.27. The molecule has 1 aromatic rings. The van der Waals surface area contributed by atoms with Crippen molar-refractivity contribution in [2.24, 2.45) is 0 Å². The average Bonchev–Trinajstić information content (AvgIpc) is 2.45. The van der Waals surface area contributed by atoms with E-state index in [1.807, 2.05) is 18.7 Å². The van der Waals surface area contributed by atoms with Crippen LogP contribution in [-0.4, -0.2) is 36.2 Å².